The van der Waals surface area contributed by atoms with Crippen LogP contribution in [-0.2, 0) is 48.4 Å². The normalized spacial score (nSPS) is 20.3. The topological polar surface area (TPSA) is 158 Å². The lowest BCUT2D eigenvalue weighted by Gasteiger charge is -2.30. The van der Waals surface area contributed by atoms with Crippen molar-refractivity contribution in [1.82, 2.24) is 0 Å². The molecule has 0 fully saturated rings. The summed E-state index contributed by atoms with van der Waals surface area (Å²) in [5, 5.41) is 59.7. The number of carbonyl (C=O) groups is 1. The lowest BCUT2D eigenvalue weighted by Crippen LogP contribution is -2.33. The van der Waals surface area contributed by atoms with E-state index in [1.165, 1.54) is 0 Å². The second-order valence-electron chi connectivity index (χ2n) is 19.1. The average Bonchev–Trinajstić information content (AvgIpc) is 3.35. The number of hydrogen-bond donors (Lipinski definition) is 6. The molecule has 0 unspecified atom stereocenters. The number of aliphatic hydroxyl groups is 4. The molecule has 4 aliphatic rings. The first-order chi connectivity index (χ1) is 33.5. The molecule has 6 N–H and O–H groups in total. The molecule has 2 heterocycles. The summed E-state index contributed by atoms with van der Waals surface area (Å²) >= 11 is 0. The number of benzene rings is 5. The van der Waals surface area contributed by atoms with Gasteiger partial charge in [-0.3, -0.25) is 4.79 Å². The Morgan fingerprint density at radius 3 is 2.52 bits per heavy atom. The minimum atomic E-state index is -0.612. The van der Waals surface area contributed by atoms with Crippen LogP contribution in [0.5, 0.6) is 17.2 Å². The van der Waals surface area contributed by atoms with Crippen LogP contribution in [0.3, 0.4) is 0 Å². The number of anilines is 1. The Labute approximate surface area is 406 Å². The average molecular weight is 932 g/mol. The Bertz CT molecular complexity index is 2760. The van der Waals surface area contributed by atoms with Crippen LogP contribution in [0.4, 0.5) is 5.69 Å². The van der Waals surface area contributed by atoms with Gasteiger partial charge in [-0.05, 0) is 156 Å². The second-order valence-corrected chi connectivity index (χ2v) is 19.1. The third-order valence-corrected chi connectivity index (χ3v) is 14.2. The highest BCUT2D eigenvalue weighted by Crippen LogP contribution is 2.44. The van der Waals surface area contributed by atoms with E-state index in [1.54, 1.807) is 20.1 Å². The molecule has 5 aromatic carbocycles. The Kier molecular flexibility index (Phi) is 16.1. The zero-order valence-electron chi connectivity index (χ0n) is 39.9. The first kappa shape index (κ1) is 48.9. The van der Waals surface area contributed by atoms with Crippen LogP contribution in [0, 0.1) is 29.8 Å². The first-order valence-electron chi connectivity index (χ1n) is 24.3. The molecule has 9 rings (SSSR count). The van der Waals surface area contributed by atoms with E-state index in [0.29, 0.717) is 48.3 Å². The van der Waals surface area contributed by atoms with Crippen molar-refractivity contribution in [3.05, 3.63) is 159 Å². The highest BCUT2D eigenvalue weighted by molar-refractivity contribution is 6.00. The number of allylic oxidation sites excluding steroid dienone is 4. The fourth-order valence-corrected chi connectivity index (χ4v) is 10.2. The molecule has 5 aromatic rings. The Morgan fingerprint density at radius 1 is 0.913 bits per heavy atom. The summed E-state index contributed by atoms with van der Waals surface area (Å²) in [5.41, 5.74) is 8.14. The maximum atomic E-state index is 13.9. The molecule has 6 bridgehead atoms. The number of rotatable bonds is 15. The van der Waals surface area contributed by atoms with Gasteiger partial charge >= 0.3 is 0 Å². The standard InChI is InChI=1S/C59H65NO9/c1-37-14-22-51-54-36-69-58-28-41(18-23-57(58)67-3)17-20-48(65)32-49(68-24-8-13-50-53(31-45(54)35-62)59(51)52(37)33-56(50)66)30-44-29-47(64)21-19-43(44)25-42(34-61)16-15-40-11-7-12-46(26-40)60-55(38(2)63)27-39-9-5-4-6-10-39/h4-7,9-12,14,18-19,21-23,26,28-29,31,33,37-38,42-44,49,55,60-64,66H,13,15-17,20,25,27,30,32,34-36H2,1-3H3/t37-,38+,42-,43+,44+,49+,55-/m1/s1. The molecule has 0 spiro atoms. The number of ketones is 1. The van der Waals surface area contributed by atoms with E-state index < -0.39 is 12.2 Å². The van der Waals surface area contributed by atoms with Gasteiger partial charge in [0, 0.05) is 48.6 Å². The first-order valence-corrected chi connectivity index (χ1v) is 24.3. The second kappa shape index (κ2) is 22.7. The molecule has 69 heavy (non-hydrogen) atoms. The number of phenols is 1. The van der Waals surface area contributed by atoms with Gasteiger partial charge in [0.1, 0.15) is 36.1 Å². The van der Waals surface area contributed by atoms with Gasteiger partial charge in [-0.1, -0.05) is 79.6 Å². The summed E-state index contributed by atoms with van der Waals surface area (Å²) < 4.78 is 18.5. The summed E-state index contributed by atoms with van der Waals surface area (Å²) in [4.78, 5) is 13.9. The lowest BCUT2D eigenvalue weighted by molar-refractivity contribution is -0.121. The summed E-state index contributed by atoms with van der Waals surface area (Å²) in [6.07, 6.45) is 15.6. The molecule has 360 valence electrons. The maximum Gasteiger partial charge on any atom is 0.161 e. The Morgan fingerprint density at radius 2 is 1.74 bits per heavy atom. The third-order valence-electron chi connectivity index (χ3n) is 14.2. The maximum absolute atomic E-state index is 13.9. The van der Waals surface area contributed by atoms with Crippen molar-refractivity contribution in [2.45, 2.75) is 109 Å². The third kappa shape index (κ3) is 12.0. The molecule has 10 heteroatoms. The number of fused-ring (bicyclic) bond motifs is 9. The number of Topliss-reactive ketones (excluding diaryl/α,β-unsaturated/α-hetero) is 1. The van der Waals surface area contributed by atoms with Gasteiger partial charge in [0.2, 0.25) is 0 Å². The van der Waals surface area contributed by atoms with Crippen LogP contribution >= 0.6 is 0 Å². The van der Waals surface area contributed by atoms with Crippen molar-refractivity contribution < 1.29 is 44.5 Å². The predicted octanol–water partition coefficient (Wildman–Crippen LogP) is 10.2. The lowest BCUT2D eigenvalue weighted by atomic mass is 9.77. The summed E-state index contributed by atoms with van der Waals surface area (Å²) in [5.74, 6) is 4.23. The van der Waals surface area contributed by atoms with E-state index >= 15 is 0 Å². The highest BCUT2D eigenvalue weighted by Gasteiger charge is 2.30. The number of nitrogens with one attached hydrogen (secondary N) is 1. The van der Waals surface area contributed by atoms with Gasteiger partial charge in [0.05, 0.1) is 25.9 Å². The summed E-state index contributed by atoms with van der Waals surface area (Å²) in [7, 11) is 1.59. The fourth-order valence-electron chi connectivity index (χ4n) is 10.2. The van der Waals surface area contributed by atoms with Crippen molar-refractivity contribution in [3.8, 4) is 29.3 Å². The number of aryl methyl sites for hydroxylation is 2. The smallest absolute Gasteiger partial charge is 0.161 e. The SMILES string of the molecule is COc1ccc2cc1OCc1c(CO)cc3c(c(O)cc4c3c1C=C[C@H]4C)CC#CO[C@@H](C[C@@H]1C=C(O)C=C[C@H]1C[C@H](CO)CCc1cccc(N[C@H](Cc3ccccc3)[C@H](C)O)c1)CC(=O)CC2. The van der Waals surface area contributed by atoms with Crippen LogP contribution in [0.1, 0.15) is 96.4 Å². The molecule has 2 aliphatic carbocycles. The number of aromatic hydroxyl groups is 1. The van der Waals surface area contributed by atoms with Crippen molar-refractivity contribution in [3.63, 3.8) is 0 Å². The van der Waals surface area contributed by atoms with Crippen molar-refractivity contribution in [1.29, 1.82) is 0 Å². The van der Waals surface area contributed by atoms with Crippen molar-refractivity contribution in [2.24, 2.45) is 17.8 Å². The van der Waals surface area contributed by atoms with E-state index in [-0.39, 0.29) is 86.1 Å². The van der Waals surface area contributed by atoms with Gasteiger partial charge in [-0.2, -0.15) is 0 Å². The van der Waals surface area contributed by atoms with Gasteiger partial charge in [0.15, 0.2) is 11.5 Å². The van der Waals surface area contributed by atoms with Gasteiger partial charge < -0.3 is 45.1 Å². The number of ether oxygens (including phenoxy) is 3. The van der Waals surface area contributed by atoms with Crippen LogP contribution in [-0.4, -0.2) is 63.3 Å². The van der Waals surface area contributed by atoms with E-state index in [0.717, 1.165) is 62.7 Å². The number of methoxy groups -OCH3 is 1. The molecular formula is C59H65NO9. The fraction of sp³-hybridized carbons (Fsp3) is 0.373. The number of aliphatic hydroxyl groups excluding tert-OH is 4. The minimum absolute atomic E-state index is 0.00270. The van der Waals surface area contributed by atoms with E-state index in [9.17, 15) is 30.3 Å². The Balaban J connectivity index is 1.02. The zero-order chi connectivity index (χ0) is 48.4. The van der Waals surface area contributed by atoms with Crippen LogP contribution in [0.25, 0.3) is 16.8 Å². The zero-order valence-corrected chi connectivity index (χ0v) is 39.9. The summed E-state index contributed by atoms with van der Waals surface area (Å²) in [6, 6.07) is 27.6. The molecule has 2 aliphatic heterocycles. The molecule has 0 aromatic heterocycles. The number of phenolic OH excluding ortho intramolecular Hbond substituents is 1. The van der Waals surface area contributed by atoms with E-state index in [1.807, 2.05) is 72.8 Å². The number of hydrogen-bond acceptors (Lipinski definition) is 10. The van der Waals surface area contributed by atoms with E-state index in [2.05, 4.69) is 60.7 Å². The molecule has 7 atom stereocenters. The molecule has 0 saturated carbocycles. The van der Waals surface area contributed by atoms with Crippen molar-refractivity contribution in [2.75, 3.05) is 19.0 Å². The quantitative estimate of drug-likeness (QED) is 0.0559. The number of carbonyl (C=O) groups excluding carboxylic acids is 1. The van der Waals surface area contributed by atoms with Gasteiger partial charge in [-0.15, -0.1) is 0 Å². The minimum Gasteiger partial charge on any atom is -0.508 e. The van der Waals surface area contributed by atoms with Crippen LogP contribution < -0.4 is 14.8 Å². The van der Waals surface area contributed by atoms with Gasteiger partial charge in [0.25, 0.3) is 0 Å². The largest absolute Gasteiger partial charge is 0.508 e. The van der Waals surface area contributed by atoms with Gasteiger partial charge in [-0.25, -0.2) is 0 Å². The van der Waals surface area contributed by atoms with Crippen LogP contribution in [0.2, 0.25) is 0 Å². The highest BCUT2D eigenvalue weighted by atomic mass is 16.5. The predicted molar refractivity (Wildman–Crippen MR) is 271 cm³/mol. The van der Waals surface area contributed by atoms with E-state index in [4.69, 9.17) is 14.2 Å². The molecule has 0 radical (unpaired) electrons. The molecule has 10 nitrogen and oxygen atoms in total. The monoisotopic (exact) mass is 931 g/mol. The van der Waals surface area contributed by atoms with Crippen LogP contribution in [0.15, 0.2) is 115 Å². The molecule has 0 amide bonds. The summed E-state index contributed by atoms with van der Waals surface area (Å²) in [6.45, 7) is 3.81. The van der Waals surface area contributed by atoms with Crippen molar-refractivity contribution >= 4 is 28.3 Å². The molecular weight excluding hydrogens is 867 g/mol. The Hall–Kier alpha value is -6.51. The molecule has 0 saturated heterocycles.